The lowest BCUT2D eigenvalue weighted by Gasteiger charge is -2.12. The van der Waals surface area contributed by atoms with Crippen LogP contribution < -0.4 is 20.1 Å². The summed E-state index contributed by atoms with van der Waals surface area (Å²) in [5.41, 5.74) is 1.74. The summed E-state index contributed by atoms with van der Waals surface area (Å²) in [7, 11) is 4.49. The number of nitrogens with one attached hydrogen (secondary N) is 2. The van der Waals surface area contributed by atoms with E-state index in [-0.39, 0.29) is 5.95 Å². The molecule has 0 fully saturated rings. The Balaban J connectivity index is 1.79. The van der Waals surface area contributed by atoms with Crippen molar-refractivity contribution in [3.8, 4) is 11.5 Å². The number of rotatable bonds is 7. The number of nitrogens with zero attached hydrogens (tertiary/aromatic N) is 3. The zero-order valence-corrected chi connectivity index (χ0v) is 15.6. The fourth-order valence-electron chi connectivity index (χ4n) is 2.43. The molecule has 0 amide bonds. The van der Waals surface area contributed by atoms with Crippen molar-refractivity contribution in [1.82, 2.24) is 15.2 Å². The molecule has 0 aliphatic carbocycles. The third-order valence-electron chi connectivity index (χ3n) is 3.77. The van der Waals surface area contributed by atoms with Gasteiger partial charge in [-0.3, -0.25) is 0 Å². The fourth-order valence-corrected chi connectivity index (χ4v) is 2.43. The van der Waals surface area contributed by atoms with Crippen LogP contribution in [0.2, 0.25) is 0 Å². The van der Waals surface area contributed by atoms with E-state index in [1.54, 1.807) is 50.6 Å². The van der Waals surface area contributed by atoms with Crippen LogP contribution in [0.5, 0.6) is 11.5 Å². The molecule has 9 heteroatoms. The maximum Gasteiger partial charge on any atom is 0.337 e. The van der Waals surface area contributed by atoms with Gasteiger partial charge in [0.25, 0.3) is 0 Å². The highest BCUT2D eigenvalue weighted by atomic mass is 16.5. The topological polar surface area (TPSA) is 107 Å². The monoisotopic (exact) mass is 381 g/mol. The van der Waals surface area contributed by atoms with Crippen LogP contribution >= 0.6 is 0 Å². The van der Waals surface area contributed by atoms with Gasteiger partial charge in [0.2, 0.25) is 5.95 Å². The van der Waals surface area contributed by atoms with Crippen LogP contribution in [-0.2, 0) is 4.74 Å². The summed E-state index contributed by atoms with van der Waals surface area (Å²) in [6.07, 6.45) is 1.49. The largest absolute Gasteiger partial charge is 0.497 e. The second kappa shape index (κ2) is 8.67. The van der Waals surface area contributed by atoms with E-state index < -0.39 is 5.97 Å². The van der Waals surface area contributed by atoms with Crippen LogP contribution in [-0.4, -0.2) is 42.5 Å². The Kier molecular flexibility index (Phi) is 5.85. The molecule has 1 aromatic heterocycles. The van der Waals surface area contributed by atoms with Crippen LogP contribution in [0.3, 0.4) is 0 Å². The standard InChI is InChI=1S/C19H19N5O4/c1-26-14-7-8-15(16(10-14)27-2)22-17-11-20-24-19(23-17)21-13-6-4-5-12(9-13)18(25)28-3/h4-11H,1-3H3,(H2,21,22,23,24). The van der Waals surface area contributed by atoms with Gasteiger partial charge in [0.1, 0.15) is 11.5 Å². The van der Waals surface area contributed by atoms with E-state index >= 15 is 0 Å². The highest BCUT2D eigenvalue weighted by Gasteiger charge is 2.09. The Hall–Kier alpha value is -3.88. The number of anilines is 4. The first-order chi connectivity index (χ1) is 13.6. The minimum atomic E-state index is -0.426. The van der Waals surface area contributed by atoms with Crippen molar-refractivity contribution in [2.24, 2.45) is 0 Å². The molecule has 3 rings (SSSR count). The molecule has 2 N–H and O–H groups in total. The molecule has 144 valence electrons. The predicted octanol–water partition coefficient (Wildman–Crippen LogP) is 3.16. The number of benzene rings is 2. The van der Waals surface area contributed by atoms with Gasteiger partial charge in [-0.15, -0.1) is 5.10 Å². The molecule has 0 aliphatic rings. The molecule has 0 spiro atoms. The number of ether oxygens (including phenoxy) is 3. The fraction of sp³-hybridized carbons (Fsp3) is 0.158. The molecule has 0 saturated heterocycles. The molecule has 0 radical (unpaired) electrons. The number of hydrogen-bond donors (Lipinski definition) is 2. The van der Waals surface area contributed by atoms with Gasteiger partial charge in [0.05, 0.1) is 38.8 Å². The number of carbonyl (C=O) groups is 1. The van der Waals surface area contributed by atoms with Crippen molar-refractivity contribution >= 4 is 29.1 Å². The maximum atomic E-state index is 11.7. The summed E-state index contributed by atoms with van der Waals surface area (Å²) >= 11 is 0. The number of hydrogen-bond acceptors (Lipinski definition) is 9. The van der Waals surface area contributed by atoms with Crippen molar-refractivity contribution < 1.29 is 19.0 Å². The predicted molar refractivity (Wildman–Crippen MR) is 104 cm³/mol. The molecule has 3 aromatic rings. The quantitative estimate of drug-likeness (QED) is 0.597. The Morgan fingerprint density at radius 1 is 1.00 bits per heavy atom. The molecule has 0 atom stereocenters. The Morgan fingerprint density at radius 2 is 1.86 bits per heavy atom. The second-order valence-corrected chi connectivity index (χ2v) is 5.55. The van der Waals surface area contributed by atoms with Gasteiger partial charge < -0.3 is 24.8 Å². The van der Waals surface area contributed by atoms with Gasteiger partial charge in [-0.25, -0.2) is 4.79 Å². The summed E-state index contributed by atoms with van der Waals surface area (Å²) in [5, 5.41) is 14.1. The summed E-state index contributed by atoms with van der Waals surface area (Å²) in [4.78, 5) is 16.0. The first-order valence-corrected chi connectivity index (χ1v) is 8.27. The summed E-state index contributed by atoms with van der Waals surface area (Å²) in [6.45, 7) is 0. The van der Waals surface area contributed by atoms with Crippen molar-refractivity contribution in [1.29, 1.82) is 0 Å². The molecule has 0 unspecified atom stereocenters. The van der Waals surface area contributed by atoms with E-state index in [9.17, 15) is 4.79 Å². The van der Waals surface area contributed by atoms with E-state index in [0.29, 0.717) is 34.3 Å². The third kappa shape index (κ3) is 4.44. The van der Waals surface area contributed by atoms with Crippen LogP contribution in [0.25, 0.3) is 0 Å². The molecular weight excluding hydrogens is 362 g/mol. The Morgan fingerprint density at radius 3 is 2.61 bits per heavy atom. The summed E-state index contributed by atoms with van der Waals surface area (Å²) in [6, 6.07) is 12.2. The number of aromatic nitrogens is 3. The molecule has 1 heterocycles. The minimum Gasteiger partial charge on any atom is -0.497 e. The van der Waals surface area contributed by atoms with Gasteiger partial charge in [0, 0.05) is 11.8 Å². The van der Waals surface area contributed by atoms with Crippen molar-refractivity contribution in [3.05, 3.63) is 54.2 Å². The number of esters is 1. The minimum absolute atomic E-state index is 0.263. The highest BCUT2D eigenvalue weighted by molar-refractivity contribution is 5.90. The Labute approximate surface area is 161 Å². The van der Waals surface area contributed by atoms with E-state index in [0.717, 1.165) is 0 Å². The molecular formula is C19H19N5O4. The lowest BCUT2D eigenvalue weighted by atomic mass is 10.2. The average molecular weight is 381 g/mol. The molecule has 2 aromatic carbocycles. The zero-order chi connectivity index (χ0) is 19.9. The van der Waals surface area contributed by atoms with Crippen molar-refractivity contribution in [3.63, 3.8) is 0 Å². The first-order valence-electron chi connectivity index (χ1n) is 8.27. The molecule has 0 saturated carbocycles. The van der Waals surface area contributed by atoms with Crippen molar-refractivity contribution in [2.75, 3.05) is 32.0 Å². The highest BCUT2D eigenvalue weighted by Crippen LogP contribution is 2.31. The second-order valence-electron chi connectivity index (χ2n) is 5.55. The van der Waals surface area contributed by atoms with Gasteiger partial charge in [-0.1, -0.05) is 6.07 Å². The first kappa shape index (κ1) is 18.9. The number of methoxy groups -OCH3 is 3. The lowest BCUT2D eigenvalue weighted by molar-refractivity contribution is 0.0601. The number of carbonyl (C=O) groups excluding carboxylic acids is 1. The van der Waals surface area contributed by atoms with E-state index in [1.165, 1.54) is 13.3 Å². The van der Waals surface area contributed by atoms with Crippen LogP contribution in [0, 0.1) is 0 Å². The van der Waals surface area contributed by atoms with Crippen LogP contribution in [0.15, 0.2) is 48.7 Å². The molecule has 0 aliphatic heterocycles. The molecule has 0 bridgehead atoms. The zero-order valence-electron chi connectivity index (χ0n) is 15.6. The third-order valence-corrected chi connectivity index (χ3v) is 3.77. The maximum absolute atomic E-state index is 11.7. The van der Waals surface area contributed by atoms with E-state index in [1.807, 2.05) is 6.07 Å². The van der Waals surface area contributed by atoms with E-state index in [2.05, 4.69) is 25.8 Å². The van der Waals surface area contributed by atoms with E-state index in [4.69, 9.17) is 14.2 Å². The van der Waals surface area contributed by atoms with Crippen LogP contribution in [0.1, 0.15) is 10.4 Å². The summed E-state index contributed by atoms with van der Waals surface area (Å²) < 4.78 is 15.3. The summed E-state index contributed by atoms with van der Waals surface area (Å²) in [5.74, 6) is 1.57. The van der Waals surface area contributed by atoms with Gasteiger partial charge in [-0.2, -0.15) is 10.1 Å². The van der Waals surface area contributed by atoms with Gasteiger partial charge in [-0.05, 0) is 30.3 Å². The lowest BCUT2D eigenvalue weighted by Crippen LogP contribution is -2.05. The smallest absolute Gasteiger partial charge is 0.337 e. The molecule has 9 nitrogen and oxygen atoms in total. The normalized spacial score (nSPS) is 10.1. The SMILES string of the molecule is COC(=O)c1cccc(Nc2nncc(Nc3ccc(OC)cc3OC)n2)c1. The Bertz CT molecular complexity index is 980. The van der Waals surface area contributed by atoms with Gasteiger partial charge in [0.15, 0.2) is 5.82 Å². The average Bonchev–Trinajstić information content (AvgIpc) is 2.74. The van der Waals surface area contributed by atoms with Crippen molar-refractivity contribution in [2.45, 2.75) is 0 Å². The molecule has 28 heavy (non-hydrogen) atoms. The van der Waals surface area contributed by atoms with Crippen LogP contribution in [0.4, 0.5) is 23.1 Å². The van der Waals surface area contributed by atoms with Gasteiger partial charge >= 0.3 is 5.97 Å².